The highest BCUT2D eigenvalue weighted by atomic mass is 35.5. The fraction of sp³-hybridized carbons (Fsp3) is 0.353. The number of nitrogens with zero attached hydrogens (tertiary/aromatic N) is 3. The number of hydrogen-bond acceptors (Lipinski definition) is 5. The Bertz CT molecular complexity index is 689. The lowest BCUT2D eigenvalue weighted by atomic mass is 10.1. The summed E-state index contributed by atoms with van der Waals surface area (Å²) in [4.78, 5) is 22.2. The molecule has 0 bridgehead atoms. The van der Waals surface area contributed by atoms with E-state index in [-0.39, 0.29) is 23.1 Å². The smallest absolute Gasteiger partial charge is 0.245 e. The van der Waals surface area contributed by atoms with Crippen molar-refractivity contribution < 1.29 is 4.79 Å². The highest BCUT2D eigenvalue weighted by Gasteiger charge is 2.31. The number of carbonyl (C=O) groups excluding carboxylic acids is 1. The molecule has 1 atom stereocenters. The predicted molar refractivity (Wildman–Crippen MR) is 94.8 cm³/mol. The third-order valence-electron chi connectivity index (χ3n) is 4.07. The van der Waals surface area contributed by atoms with Gasteiger partial charge in [-0.1, -0.05) is 41.9 Å². The van der Waals surface area contributed by atoms with Crippen molar-refractivity contribution in [1.29, 1.82) is 0 Å². The number of carbonyl (C=O) groups is 1. The molecule has 1 aliphatic heterocycles. The molecule has 1 aromatic heterocycles. The molecule has 2 aromatic rings. The Hall–Kier alpha value is -2.34. The predicted octanol–water partition coefficient (Wildman–Crippen LogP) is 2.36. The normalized spacial score (nSPS) is 17.3. The van der Waals surface area contributed by atoms with Crippen molar-refractivity contribution in [1.82, 2.24) is 14.9 Å². The minimum atomic E-state index is -0.285. The highest BCUT2D eigenvalue weighted by molar-refractivity contribution is 6.29. The zero-order valence-electron chi connectivity index (χ0n) is 13.3. The van der Waals surface area contributed by atoms with E-state index >= 15 is 0 Å². The van der Waals surface area contributed by atoms with Crippen LogP contribution in [0.5, 0.6) is 0 Å². The van der Waals surface area contributed by atoms with Gasteiger partial charge in [-0.2, -0.15) is 4.98 Å². The van der Waals surface area contributed by atoms with Gasteiger partial charge in [-0.25, -0.2) is 4.98 Å². The Morgan fingerprint density at radius 2 is 2.08 bits per heavy atom. The molecule has 3 rings (SSSR count). The van der Waals surface area contributed by atoms with Crippen molar-refractivity contribution in [2.24, 2.45) is 0 Å². The first-order chi connectivity index (χ1) is 11.6. The van der Waals surface area contributed by atoms with Crippen molar-refractivity contribution in [3.63, 3.8) is 0 Å². The SMILES string of the molecule is Nc1nc(Cl)cc(NC2CCN(CCCc3ccccc3)C2=O)n1. The van der Waals surface area contributed by atoms with E-state index in [0.717, 1.165) is 32.4 Å². The molecule has 0 radical (unpaired) electrons. The molecule has 1 saturated heterocycles. The summed E-state index contributed by atoms with van der Waals surface area (Å²) in [6, 6.07) is 11.6. The molecule has 3 N–H and O–H groups in total. The van der Waals surface area contributed by atoms with E-state index in [4.69, 9.17) is 17.3 Å². The van der Waals surface area contributed by atoms with Crippen molar-refractivity contribution in [2.75, 3.05) is 24.1 Å². The summed E-state index contributed by atoms with van der Waals surface area (Å²) in [7, 11) is 0. The van der Waals surface area contributed by atoms with Crippen LogP contribution in [0.15, 0.2) is 36.4 Å². The molecule has 126 valence electrons. The molecule has 0 aliphatic carbocycles. The summed E-state index contributed by atoms with van der Waals surface area (Å²) in [5, 5.41) is 3.36. The van der Waals surface area contributed by atoms with Crippen LogP contribution >= 0.6 is 11.6 Å². The number of aryl methyl sites for hydroxylation is 1. The van der Waals surface area contributed by atoms with E-state index in [1.807, 2.05) is 23.1 Å². The lowest BCUT2D eigenvalue weighted by Gasteiger charge is -2.17. The number of halogens is 1. The molecular weight excluding hydrogens is 326 g/mol. The molecule has 24 heavy (non-hydrogen) atoms. The second-order valence-corrected chi connectivity index (χ2v) is 6.22. The average Bonchev–Trinajstić information content (AvgIpc) is 2.88. The Balaban J connectivity index is 1.51. The van der Waals surface area contributed by atoms with Crippen LogP contribution in [0.25, 0.3) is 0 Å². The number of hydrogen-bond donors (Lipinski definition) is 2. The molecule has 0 spiro atoms. The number of aromatic nitrogens is 2. The van der Waals surface area contributed by atoms with E-state index in [2.05, 4.69) is 27.4 Å². The van der Waals surface area contributed by atoms with Crippen LogP contribution in [0.2, 0.25) is 5.15 Å². The quantitative estimate of drug-likeness (QED) is 0.785. The standard InChI is InChI=1S/C17H20ClN5O/c18-14-11-15(22-17(19)21-14)20-13-8-10-23(16(13)24)9-4-7-12-5-2-1-3-6-12/h1-3,5-6,11,13H,4,7-10H2,(H3,19,20,21,22). The molecule has 2 heterocycles. The summed E-state index contributed by atoms with van der Waals surface area (Å²) in [5.74, 6) is 0.670. The number of nitrogens with one attached hydrogen (secondary N) is 1. The maximum atomic E-state index is 12.5. The van der Waals surface area contributed by atoms with Gasteiger partial charge in [0.25, 0.3) is 0 Å². The maximum absolute atomic E-state index is 12.5. The third kappa shape index (κ3) is 4.14. The highest BCUT2D eigenvalue weighted by Crippen LogP contribution is 2.19. The number of nitrogen functional groups attached to an aromatic ring is 1. The van der Waals surface area contributed by atoms with Crippen molar-refractivity contribution >= 4 is 29.3 Å². The zero-order chi connectivity index (χ0) is 16.9. The molecule has 1 aliphatic rings. The largest absolute Gasteiger partial charge is 0.368 e. The summed E-state index contributed by atoms with van der Waals surface area (Å²) in [6.45, 7) is 1.51. The van der Waals surface area contributed by atoms with Crippen LogP contribution in [-0.4, -0.2) is 39.9 Å². The molecule has 1 fully saturated rings. The van der Waals surface area contributed by atoms with E-state index in [9.17, 15) is 4.79 Å². The molecule has 6 nitrogen and oxygen atoms in total. The number of likely N-dealkylation sites (tertiary alicyclic amines) is 1. The van der Waals surface area contributed by atoms with Gasteiger partial charge in [0, 0.05) is 19.2 Å². The summed E-state index contributed by atoms with van der Waals surface area (Å²) in [5.41, 5.74) is 6.87. The average molecular weight is 346 g/mol. The molecule has 1 unspecified atom stereocenters. The third-order valence-corrected chi connectivity index (χ3v) is 4.26. The first-order valence-electron chi connectivity index (χ1n) is 8.01. The Kier molecular flexibility index (Phi) is 5.15. The minimum absolute atomic E-state index is 0.0927. The number of nitrogens with two attached hydrogens (primary N) is 1. The van der Waals surface area contributed by atoms with E-state index < -0.39 is 0 Å². The number of amides is 1. The fourth-order valence-corrected chi connectivity index (χ4v) is 3.09. The topological polar surface area (TPSA) is 84.1 Å². The van der Waals surface area contributed by atoms with Gasteiger partial charge in [-0.05, 0) is 24.8 Å². The molecule has 1 aromatic carbocycles. The van der Waals surface area contributed by atoms with Crippen LogP contribution in [-0.2, 0) is 11.2 Å². The van der Waals surface area contributed by atoms with Gasteiger partial charge in [0.2, 0.25) is 11.9 Å². The number of rotatable bonds is 6. The first kappa shape index (κ1) is 16.5. The number of benzene rings is 1. The van der Waals surface area contributed by atoms with Gasteiger partial charge in [0.05, 0.1) is 0 Å². The fourth-order valence-electron chi connectivity index (χ4n) is 2.90. The second kappa shape index (κ2) is 7.49. The van der Waals surface area contributed by atoms with Crippen molar-refractivity contribution in [3.8, 4) is 0 Å². The van der Waals surface area contributed by atoms with Crippen molar-refractivity contribution in [2.45, 2.75) is 25.3 Å². The summed E-state index contributed by atoms with van der Waals surface area (Å²) < 4.78 is 0. The van der Waals surface area contributed by atoms with Gasteiger partial charge < -0.3 is 16.0 Å². The van der Waals surface area contributed by atoms with Crippen LogP contribution < -0.4 is 11.1 Å². The molecule has 0 saturated carbocycles. The summed E-state index contributed by atoms with van der Waals surface area (Å²) in [6.07, 6.45) is 2.67. The molecule has 7 heteroatoms. The number of anilines is 2. The first-order valence-corrected chi connectivity index (χ1v) is 8.39. The van der Waals surface area contributed by atoms with Crippen LogP contribution in [0.3, 0.4) is 0 Å². The lowest BCUT2D eigenvalue weighted by molar-refractivity contribution is -0.128. The molecular formula is C17H20ClN5O. The van der Waals surface area contributed by atoms with Crippen molar-refractivity contribution in [3.05, 3.63) is 47.1 Å². The zero-order valence-corrected chi connectivity index (χ0v) is 14.0. The minimum Gasteiger partial charge on any atom is -0.368 e. The van der Waals surface area contributed by atoms with E-state index in [0.29, 0.717) is 5.82 Å². The van der Waals surface area contributed by atoms with Gasteiger partial charge >= 0.3 is 0 Å². The second-order valence-electron chi connectivity index (χ2n) is 5.83. The van der Waals surface area contributed by atoms with Gasteiger partial charge in [0.1, 0.15) is 17.0 Å². The van der Waals surface area contributed by atoms with Crippen LogP contribution in [0.4, 0.5) is 11.8 Å². The van der Waals surface area contributed by atoms with Crippen LogP contribution in [0.1, 0.15) is 18.4 Å². The van der Waals surface area contributed by atoms with Gasteiger partial charge in [0.15, 0.2) is 0 Å². The van der Waals surface area contributed by atoms with E-state index in [1.54, 1.807) is 6.07 Å². The Morgan fingerprint density at radius 3 is 2.83 bits per heavy atom. The molecule has 1 amide bonds. The van der Waals surface area contributed by atoms with Crippen LogP contribution in [0, 0.1) is 0 Å². The Morgan fingerprint density at radius 1 is 1.29 bits per heavy atom. The van der Waals surface area contributed by atoms with Gasteiger partial charge in [-0.3, -0.25) is 4.79 Å². The maximum Gasteiger partial charge on any atom is 0.245 e. The Labute approximate surface area is 146 Å². The summed E-state index contributed by atoms with van der Waals surface area (Å²) >= 11 is 5.86. The lowest BCUT2D eigenvalue weighted by Crippen LogP contribution is -2.34. The van der Waals surface area contributed by atoms with E-state index in [1.165, 1.54) is 5.56 Å². The monoisotopic (exact) mass is 345 g/mol. The van der Waals surface area contributed by atoms with Gasteiger partial charge in [-0.15, -0.1) is 0 Å².